The van der Waals surface area contributed by atoms with Crippen LogP contribution in [0.25, 0.3) is 0 Å². The summed E-state index contributed by atoms with van der Waals surface area (Å²) in [5, 5.41) is 11.1. The van der Waals surface area contributed by atoms with Gasteiger partial charge in [-0.05, 0) is 55.2 Å². The number of rotatable bonds is 7. The van der Waals surface area contributed by atoms with Gasteiger partial charge in [-0.15, -0.1) is 10.2 Å². The molecule has 144 valence electrons. The lowest BCUT2D eigenvalue weighted by Gasteiger charge is -2.31. The Morgan fingerprint density at radius 3 is 2.63 bits per heavy atom. The third-order valence-corrected chi connectivity index (χ3v) is 4.58. The van der Waals surface area contributed by atoms with Crippen molar-refractivity contribution < 1.29 is 14.3 Å². The van der Waals surface area contributed by atoms with Crippen molar-refractivity contribution in [2.24, 2.45) is 5.92 Å². The summed E-state index contributed by atoms with van der Waals surface area (Å²) in [6.45, 7) is 4.98. The normalized spacial score (nSPS) is 16.7. The summed E-state index contributed by atoms with van der Waals surface area (Å²) in [5.41, 5.74) is 0.313. The number of aromatic nitrogens is 2. The number of benzene rings is 1. The molecule has 2 heterocycles. The Morgan fingerprint density at radius 2 is 1.96 bits per heavy atom. The van der Waals surface area contributed by atoms with Crippen LogP contribution in [0.5, 0.6) is 11.5 Å². The summed E-state index contributed by atoms with van der Waals surface area (Å²) in [7, 11) is 1.62. The first-order valence-electron chi connectivity index (χ1n) is 9.29. The zero-order valence-electron chi connectivity index (χ0n) is 15.9. The zero-order valence-corrected chi connectivity index (χ0v) is 15.9. The fraction of sp³-hybridized carbons (Fsp3) is 0.450. The number of carbonyl (C=O) groups is 1. The van der Waals surface area contributed by atoms with Gasteiger partial charge in [-0.25, -0.2) is 0 Å². The molecule has 1 amide bonds. The predicted octanol–water partition coefficient (Wildman–Crippen LogP) is 2.53. The average Bonchev–Trinajstić information content (AvgIpc) is 2.71. The molecule has 1 saturated heterocycles. The summed E-state index contributed by atoms with van der Waals surface area (Å²) in [4.78, 5) is 14.4. The van der Waals surface area contributed by atoms with Crippen molar-refractivity contribution in [2.45, 2.75) is 19.8 Å². The average molecular weight is 370 g/mol. The highest BCUT2D eigenvalue weighted by Gasteiger charge is 2.18. The number of hydrogen-bond acceptors (Lipinski definition) is 6. The minimum atomic E-state index is -0.251. The second-order valence-corrected chi connectivity index (χ2v) is 6.75. The number of piperidine rings is 1. The molecule has 2 aromatic rings. The van der Waals surface area contributed by atoms with E-state index in [2.05, 4.69) is 27.3 Å². The molecule has 7 heteroatoms. The molecule has 1 aliphatic rings. The molecular weight excluding hydrogens is 344 g/mol. The molecule has 1 fully saturated rings. The summed E-state index contributed by atoms with van der Waals surface area (Å²) in [6.07, 6.45) is 2.42. The highest BCUT2D eigenvalue weighted by atomic mass is 16.5. The van der Waals surface area contributed by atoms with Crippen LogP contribution in [-0.4, -0.2) is 49.5 Å². The van der Waals surface area contributed by atoms with Gasteiger partial charge in [0.25, 0.3) is 5.91 Å². The van der Waals surface area contributed by atoms with E-state index in [0.29, 0.717) is 24.8 Å². The Kier molecular flexibility index (Phi) is 6.46. The highest BCUT2D eigenvalue weighted by Crippen LogP contribution is 2.20. The number of methoxy groups -OCH3 is 1. The molecule has 1 aliphatic heterocycles. The molecule has 0 aliphatic carbocycles. The second kappa shape index (κ2) is 9.21. The minimum Gasteiger partial charge on any atom is -0.497 e. The maximum absolute atomic E-state index is 12.2. The number of nitrogens with zero attached hydrogens (tertiary/aromatic N) is 3. The van der Waals surface area contributed by atoms with E-state index in [4.69, 9.17) is 9.47 Å². The zero-order chi connectivity index (χ0) is 19.1. The first-order valence-corrected chi connectivity index (χ1v) is 9.29. The van der Waals surface area contributed by atoms with Gasteiger partial charge in [0.15, 0.2) is 11.5 Å². The van der Waals surface area contributed by atoms with E-state index in [0.717, 1.165) is 30.4 Å². The SMILES string of the molecule is COc1ccc(OCCNC(=O)c2ccc(N3CCCC(C)C3)nn2)cc1. The third-order valence-electron chi connectivity index (χ3n) is 4.58. The van der Waals surface area contributed by atoms with E-state index < -0.39 is 0 Å². The molecule has 1 aromatic carbocycles. The number of amides is 1. The molecule has 0 radical (unpaired) electrons. The lowest BCUT2D eigenvalue weighted by molar-refractivity contribution is 0.0941. The smallest absolute Gasteiger partial charge is 0.271 e. The summed E-state index contributed by atoms with van der Waals surface area (Å²) in [5.74, 6) is 2.75. The minimum absolute atomic E-state index is 0.251. The van der Waals surface area contributed by atoms with E-state index in [1.165, 1.54) is 12.8 Å². The Hall–Kier alpha value is -2.83. The summed E-state index contributed by atoms with van der Waals surface area (Å²) >= 11 is 0. The highest BCUT2D eigenvalue weighted by molar-refractivity contribution is 5.92. The number of nitrogens with one attached hydrogen (secondary N) is 1. The Labute approximate surface area is 159 Å². The molecule has 1 unspecified atom stereocenters. The quantitative estimate of drug-likeness (QED) is 0.755. The van der Waals surface area contributed by atoms with Gasteiger partial charge in [-0.1, -0.05) is 6.92 Å². The molecule has 1 N–H and O–H groups in total. The monoisotopic (exact) mass is 370 g/mol. The van der Waals surface area contributed by atoms with Gasteiger partial charge in [-0.3, -0.25) is 4.79 Å². The van der Waals surface area contributed by atoms with Crippen LogP contribution in [0.1, 0.15) is 30.3 Å². The lowest BCUT2D eigenvalue weighted by atomic mass is 10.0. The van der Waals surface area contributed by atoms with E-state index >= 15 is 0 Å². The van der Waals surface area contributed by atoms with E-state index in [1.54, 1.807) is 13.2 Å². The van der Waals surface area contributed by atoms with E-state index in [-0.39, 0.29) is 5.91 Å². The Bertz CT molecular complexity index is 734. The van der Waals surface area contributed by atoms with Crippen LogP contribution in [0.2, 0.25) is 0 Å². The fourth-order valence-electron chi connectivity index (χ4n) is 3.11. The van der Waals surface area contributed by atoms with Crippen LogP contribution in [0.3, 0.4) is 0 Å². The van der Waals surface area contributed by atoms with Crippen LogP contribution in [0, 0.1) is 5.92 Å². The van der Waals surface area contributed by atoms with E-state index in [9.17, 15) is 4.79 Å². The van der Waals surface area contributed by atoms with Crippen LogP contribution in [0.4, 0.5) is 5.82 Å². The van der Waals surface area contributed by atoms with Gasteiger partial charge in [0.2, 0.25) is 0 Å². The maximum Gasteiger partial charge on any atom is 0.271 e. The molecule has 0 spiro atoms. The second-order valence-electron chi connectivity index (χ2n) is 6.75. The molecule has 3 rings (SSSR count). The first kappa shape index (κ1) is 18.9. The van der Waals surface area contributed by atoms with Gasteiger partial charge in [-0.2, -0.15) is 0 Å². The van der Waals surface area contributed by atoms with Crippen LogP contribution in [-0.2, 0) is 0 Å². The van der Waals surface area contributed by atoms with Crippen molar-refractivity contribution in [1.82, 2.24) is 15.5 Å². The van der Waals surface area contributed by atoms with Crippen LogP contribution in [0.15, 0.2) is 36.4 Å². The van der Waals surface area contributed by atoms with E-state index in [1.807, 2.05) is 30.3 Å². The van der Waals surface area contributed by atoms with Crippen molar-refractivity contribution >= 4 is 11.7 Å². The predicted molar refractivity (Wildman–Crippen MR) is 103 cm³/mol. The Balaban J connectivity index is 1.43. The van der Waals surface area contributed by atoms with Gasteiger partial charge in [0, 0.05) is 13.1 Å². The number of anilines is 1. The topological polar surface area (TPSA) is 76.6 Å². The maximum atomic E-state index is 12.2. The molecular formula is C20H26N4O3. The van der Waals surface area contributed by atoms with Gasteiger partial charge in [0.05, 0.1) is 13.7 Å². The lowest BCUT2D eigenvalue weighted by Crippen LogP contribution is -2.35. The molecule has 27 heavy (non-hydrogen) atoms. The van der Waals surface area contributed by atoms with Crippen molar-refractivity contribution in [3.8, 4) is 11.5 Å². The van der Waals surface area contributed by atoms with Crippen molar-refractivity contribution in [3.05, 3.63) is 42.1 Å². The van der Waals surface area contributed by atoms with Crippen molar-refractivity contribution in [1.29, 1.82) is 0 Å². The van der Waals surface area contributed by atoms with Crippen LogP contribution < -0.4 is 19.7 Å². The summed E-state index contributed by atoms with van der Waals surface area (Å²) in [6, 6.07) is 10.9. The van der Waals surface area contributed by atoms with Gasteiger partial charge in [0.1, 0.15) is 18.1 Å². The third kappa shape index (κ3) is 5.32. The largest absolute Gasteiger partial charge is 0.497 e. The van der Waals surface area contributed by atoms with Gasteiger partial charge < -0.3 is 19.7 Å². The molecule has 7 nitrogen and oxygen atoms in total. The molecule has 1 aromatic heterocycles. The van der Waals surface area contributed by atoms with Gasteiger partial charge >= 0.3 is 0 Å². The first-order chi connectivity index (χ1) is 13.2. The molecule has 0 bridgehead atoms. The fourth-order valence-corrected chi connectivity index (χ4v) is 3.11. The molecule has 1 atom stereocenters. The van der Waals surface area contributed by atoms with Crippen LogP contribution >= 0.6 is 0 Å². The van der Waals surface area contributed by atoms with Crippen molar-refractivity contribution in [2.75, 3.05) is 38.3 Å². The number of hydrogen-bond donors (Lipinski definition) is 1. The Morgan fingerprint density at radius 1 is 1.19 bits per heavy atom. The number of ether oxygens (including phenoxy) is 2. The molecule has 0 saturated carbocycles. The standard InChI is InChI=1S/C20H26N4O3/c1-15-4-3-12-24(14-15)19-10-9-18(22-23-19)20(25)21-11-13-27-17-7-5-16(26-2)6-8-17/h5-10,15H,3-4,11-14H2,1-2H3,(H,21,25). The van der Waals surface area contributed by atoms with Crippen molar-refractivity contribution in [3.63, 3.8) is 0 Å². The summed E-state index contributed by atoms with van der Waals surface area (Å²) < 4.78 is 10.7. The number of carbonyl (C=O) groups excluding carboxylic acids is 1.